The molecule has 0 unspecified atom stereocenters. The van der Waals surface area contributed by atoms with Crippen molar-refractivity contribution >= 4 is 11.4 Å². The maximum absolute atomic E-state index is 11.7. The second-order valence-corrected chi connectivity index (χ2v) is 5.57. The average molecular weight is 273 g/mol. The minimum absolute atomic E-state index is 0.0252. The van der Waals surface area contributed by atoms with Crippen LogP contribution in [0.4, 0.5) is 0 Å². The van der Waals surface area contributed by atoms with E-state index in [1.54, 1.807) is 10.6 Å². The molecule has 106 valence electrons. The van der Waals surface area contributed by atoms with E-state index in [9.17, 15) is 9.90 Å². The lowest BCUT2D eigenvalue weighted by Crippen LogP contribution is -2.09. The number of ketones is 1. The first kappa shape index (κ1) is 13.1. The fourth-order valence-corrected chi connectivity index (χ4v) is 3.19. The Balaban J connectivity index is 2.14. The Morgan fingerprint density at radius 1 is 1.30 bits per heavy atom. The third kappa shape index (κ3) is 2.17. The molecule has 0 aromatic carbocycles. The van der Waals surface area contributed by atoms with Crippen molar-refractivity contribution in [2.75, 3.05) is 0 Å². The van der Waals surface area contributed by atoms with Crippen LogP contribution in [0.3, 0.4) is 0 Å². The summed E-state index contributed by atoms with van der Waals surface area (Å²) in [5, 5.41) is 14.4. The highest BCUT2D eigenvalue weighted by Crippen LogP contribution is 2.34. The van der Waals surface area contributed by atoms with E-state index < -0.39 is 0 Å². The van der Waals surface area contributed by atoms with Crippen molar-refractivity contribution in [2.45, 2.75) is 51.4 Å². The van der Waals surface area contributed by atoms with Gasteiger partial charge < -0.3 is 5.11 Å². The summed E-state index contributed by atoms with van der Waals surface area (Å²) >= 11 is 0. The number of carbonyl (C=O) groups excluding carboxylic acids is 1. The zero-order chi connectivity index (χ0) is 14.1. The summed E-state index contributed by atoms with van der Waals surface area (Å²) < 4.78 is 1.73. The second-order valence-electron chi connectivity index (χ2n) is 5.57. The van der Waals surface area contributed by atoms with E-state index >= 15 is 0 Å². The van der Waals surface area contributed by atoms with Gasteiger partial charge >= 0.3 is 0 Å². The highest BCUT2D eigenvalue weighted by atomic mass is 16.3. The number of aromatic nitrogens is 3. The molecule has 1 aliphatic carbocycles. The Morgan fingerprint density at radius 3 is 2.65 bits per heavy atom. The number of fused-ring (bicyclic) bond motifs is 1. The van der Waals surface area contributed by atoms with Crippen molar-refractivity contribution in [1.29, 1.82) is 0 Å². The van der Waals surface area contributed by atoms with Gasteiger partial charge in [-0.05, 0) is 19.8 Å². The second kappa shape index (κ2) is 5.23. The highest BCUT2D eigenvalue weighted by molar-refractivity contribution is 6.02. The molecular weight excluding hydrogens is 254 g/mol. The van der Waals surface area contributed by atoms with E-state index in [0.717, 1.165) is 18.5 Å². The molecule has 0 saturated heterocycles. The van der Waals surface area contributed by atoms with E-state index in [0.29, 0.717) is 11.6 Å². The average Bonchev–Trinajstić information content (AvgIpc) is 2.72. The third-order valence-corrected chi connectivity index (χ3v) is 4.18. The number of Topliss-reactive ketones (excluding diaryl/α,β-unsaturated/α-hetero) is 1. The van der Waals surface area contributed by atoms with Gasteiger partial charge in [0.15, 0.2) is 11.4 Å². The molecule has 0 spiro atoms. The number of nitrogens with zero attached hydrogens (tertiary/aromatic N) is 3. The fourth-order valence-electron chi connectivity index (χ4n) is 3.19. The molecule has 1 aliphatic rings. The van der Waals surface area contributed by atoms with Gasteiger partial charge in [-0.25, -0.2) is 9.50 Å². The van der Waals surface area contributed by atoms with Crippen molar-refractivity contribution in [3.05, 3.63) is 23.7 Å². The van der Waals surface area contributed by atoms with Crippen LogP contribution in [0.15, 0.2) is 12.4 Å². The third-order valence-electron chi connectivity index (χ3n) is 4.18. The van der Waals surface area contributed by atoms with Crippen LogP contribution >= 0.6 is 0 Å². The van der Waals surface area contributed by atoms with Crippen molar-refractivity contribution in [3.63, 3.8) is 0 Å². The molecular formula is C15H19N3O2. The molecule has 0 aliphatic heterocycles. The highest BCUT2D eigenvalue weighted by Gasteiger charge is 2.23. The lowest BCUT2D eigenvalue weighted by atomic mass is 9.95. The Morgan fingerprint density at radius 2 is 2.00 bits per heavy atom. The van der Waals surface area contributed by atoms with Crippen LogP contribution in [0.25, 0.3) is 5.65 Å². The smallest absolute Gasteiger partial charge is 0.170 e. The van der Waals surface area contributed by atoms with E-state index in [4.69, 9.17) is 0 Å². The molecule has 3 rings (SSSR count). The summed E-state index contributed by atoms with van der Waals surface area (Å²) in [7, 11) is 0. The minimum Gasteiger partial charge on any atom is -0.507 e. The van der Waals surface area contributed by atoms with Crippen LogP contribution in [0, 0.1) is 0 Å². The molecule has 1 N–H and O–H groups in total. The van der Waals surface area contributed by atoms with Gasteiger partial charge in [-0.15, -0.1) is 0 Å². The Labute approximate surface area is 117 Å². The van der Waals surface area contributed by atoms with Crippen LogP contribution in [0.5, 0.6) is 5.75 Å². The topological polar surface area (TPSA) is 67.5 Å². The van der Waals surface area contributed by atoms with Gasteiger partial charge in [-0.2, -0.15) is 5.10 Å². The van der Waals surface area contributed by atoms with Gasteiger partial charge in [-0.1, -0.05) is 25.7 Å². The largest absolute Gasteiger partial charge is 0.507 e. The van der Waals surface area contributed by atoms with E-state index in [-0.39, 0.29) is 17.1 Å². The summed E-state index contributed by atoms with van der Waals surface area (Å²) in [5.74, 6) is 0.221. The van der Waals surface area contributed by atoms with Gasteiger partial charge in [-0.3, -0.25) is 4.79 Å². The Bertz CT molecular complexity index is 640. The predicted molar refractivity (Wildman–Crippen MR) is 75.1 cm³/mol. The molecule has 0 amide bonds. The molecule has 2 aromatic rings. The molecule has 5 heteroatoms. The Hall–Kier alpha value is -1.91. The number of pyridine rings is 1. The summed E-state index contributed by atoms with van der Waals surface area (Å²) in [5.41, 5.74) is 1.71. The number of carbonyl (C=O) groups is 1. The molecule has 0 atom stereocenters. The van der Waals surface area contributed by atoms with Crippen LogP contribution in [-0.2, 0) is 0 Å². The molecule has 2 heterocycles. The molecule has 0 radical (unpaired) electrons. The van der Waals surface area contributed by atoms with E-state index in [2.05, 4.69) is 10.1 Å². The minimum atomic E-state index is -0.187. The summed E-state index contributed by atoms with van der Waals surface area (Å²) in [6, 6.07) is 1.70. The summed E-state index contributed by atoms with van der Waals surface area (Å²) in [4.78, 5) is 15.8. The lowest BCUT2D eigenvalue weighted by Gasteiger charge is -2.17. The molecule has 5 nitrogen and oxygen atoms in total. The predicted octanol–water partition coefficient (Wildman–Crippen LogP) is 3.08. The first-order valence-corrected chi connectivity index (χ1v) is 7.25. The van der Waals surface area contributed by atoms with Gasteiger partial charge in [0.1, 0.15) is 17.6 Å². The van der Waals surface area contributed by atoms with Gasteiger partial charge in [0.25, 0.3) is 0 Å². The monoisotopic (exact) mass is 273 g/mol. The standard InChI is InChI=1S/C15H19N3O2/c1-10(19)14-13(20)8-12(18-15(14)16-9-17-18)11-6-4-2-3-5-7-11/h8-9,11,20H,2-7H2,1H3. The van der Waals surface area contributed by atoms with E-state index in [1.165, 1.54) is 38.9 Å². The first-order valence-electron chi connectivity index (χ1n) is 7.25. The van der Waals surface area contributed by atoms with E-state index in [1.807, 2.05) is 0 Å². The number of rotatable bonds is 2. The Kier molecular flexibility index (Phi) is 3.42. The molecule has 20 heavy (non-hydrogen) atoms. The van der Waals surface area contributed by atoms with Crippen molar-refractivity contribution < 1.29 is 9.90 Å². The van der Waals surface area contributed by atoms with Crippen LogP contribution in [0.1, 0.15) is 67.4 Å². The lowest BCUT2D eigenvalue weighted by molar-refractivity contribution is 0.101. The fraction of sp³-hybridized carbons (Fsp3) is 0.533. The normalized spacial score (nSPS) is 17.2. The summed E-state index contributed by atoms with van der Waals surface area (Å²) in [6.07, 6.45) is 8.61. The van der Waals surface area contributed by atoms with Gasteiger partial charge in [0, 0.05) is 12.0 Å². The summed E-state index contributed by atoms with van der Waals surface area (Å²) in [6.45, 7) is 1.44. The molecule has 0 bridgehead atoms. The van der Waals surface area contributed by atoms with Crippen molar-refractivity contribution in [3.8, 4) is 5.75 Å². The number of hydrogen-bond donors (Lipinski definition) is 1. The first-order chi connectivity index (χ1) is 9.68. The quantitative estimate of drug-likeness (QED) is 0.674. The van der Waals surface area contributed by atoms with Crippen molar-refractivity contribution in [1.82, 2.24) is 14.6 Å². The van der Waals surface area contributed by atoms with Crippen molar-refractivity contribution in [2.24, 2.45) is 0 Å². The maximum Gasteiger partial charge on any atom is 0.170 e. The molecule has 1 fully saturated rings. The van der Waals surface area contributed by atoms with Crippen LogP contribution in [0.2, 0.25) is 0 Å². The van der Waals surface area contributed by atoms with Crippen LogP contribution in [-0.4, -0.2) is 25.5 Å². The SMILES string of the molecule is CC(=O)c1c(O)cc(C2CCCCCC2)n2ncnc12. The molecule has 2 aromatic heterocycles. The van der Waals surface area contributed by atoms with Gasteiger partial charge in [0.2, 0.25) is 0 Å². The maximum atomic E-state index is 11.7. The van der Waals surface area contributed by atoms with Gasteiger partial charge in [0.05, 0.1) is 5.69 Å². The number of aromatic hydroxyl groups is 1. The van der Waals surface area contributed by atoms with Crippen LogP contribution < -0.4 is 0 Å². The number of hydrogen-bond acceptors (Lipinski definition) is 4. The zero-order valence-electron chi connectivity index (χ0n) is 11.7. The molecule has 1 saturated carbocycles. The zero-order valence-corrected chi connectivity index (χ0v) is 11.7.